The van der Waals surface area contributed by atoms with Gasteiger partial charge in [0.1, 0.15) is 30.5 Å². The molecule has 3 aliphatic heterocycles. The van der Waals surface area contributed by atoms with E-state index in [1.54, 1.807) is 45.9 Å². The number of urea groups is 2. The molecular weight excluding hydrogens is 1480 g/mol. The number of hydrogen-bond acceptors (Lipinski definition) is 22. The Hall–Kier alpha value is -11.2. The number of hydrogen-bond donors (Lipinski definition) is 13. The predicted octanol–water partition coefficient (Wildman–Crippen LogP) is 5.38. The lowest BCUT2D eigenvalue weighted by Gasteiger charge is -2.37. The van der Waals surface area contributed by atoms with E-state index in [0.717, 1.165) is 10.5 Å². The lowest BCUT2D eigenvalue weighted by Crippen LogP contribution is -2.57. The lowest BCUT2D eigenvalue weighted by atomic mass is 9.81. The van der Waals surface area contributed by atoms with Gasteiger partial charge in [0.2, 0.25) is 29.2 Å². The number of amides is 8. The van der Waals surface area contributed by atoms with Gasteiger partial charge in [-0.1, -0.05) is 45.9 Å². The molecule has 1 unspecified atom stereocenters. The summed E-state index contributed by atoms with van der Waals surface area (Å²) in [6, 6.07) is 13.4. The van der Waals surface area contributed by atoms with Gasteiger partial charge in [0.25, 0.3) is 15.6 Å². The fraction of sp³-hybridized carbons (Fsp3) is 0.447. The molecule has 0 bridgehead atoms. The van der Waals surface area contributed by atoms with Crippen molar-refractivity contribution in [1.29, 1.82) is 0 Å². The van der Waals surface area contributed by atoms with Crippen molar-refractivity contribution in [2.45, 2.75) is 160 Å². The summed E-state index contributed by atoms with van der Waals surface area (Å²) in [6.45, 7) is 10.5. The second-order valence-electron chi connectivity index (χ2n) is 27.7. The maximum atomic E-state index is 15.5. The number of fused-ring (bicyclic) bond motifs is 5. The smallest absolute Gasteiger partial charge is 0.355 e. The van der Waals surface area contributed by atoms with Crippen molar-refractivity contribution < 1.29 is 99.8 Å². The van der Waals surface area contributed by atoms with Crippen molar-refractivity contribution >= 4 is 103 Å². The lowest BCUT2D eigenvalue weighted by molar-refractivity contribution is -0.191. The number of carboxylic acid groups (broad SMARTS) is 2. The molecule has 8 amide bonds. The van der Waals surface area contributed by atoms with Crippen LogP contribution in [0.25, 0.3) is 22.3 Å². The molecule has 10 rings (SSSR count). The molecule has 1 aliphatic carbocycles. The molecular formula is C76H92FN13O21S. The van der Waals surface area contributed by atoms with Crippen LogP contribution in [0.1, 0.15) is 137 Å². The second-order valence-corrected chi connectivity index (χ2v) is 29.4. The van der Waals surface area contributed by atoms with Crippen molar-refractivity contribution in [3.63, 3.8) is 0 Å². The number of carbonyl (C=O) groups is 10. The molecule has 5 heterocycles. The molecule has 600 valence electrons. The van der Waals surface area contributed by atoms with E-state index in [-0.39, 0.29) is 123 Å². The number of aliphatic hydroxyl groups is 1. The Morgan fingerprint density at radius 1 is 0.768 bits per heavy atom. The minimum Gasteiger partial charge on any atom is -0.481 e. The summed E-state index contributed by atoms with van der Waals surface area (Å²) in [5, 5.41) is 55.1. The van der Waals surface area contributed by atoms with Crippen LogP contribution < -0.4 is 58.1 Å². The van der Waals surface area contributed by atoms with Crippen molar-refractivity contribution in [1.82, 2.24) is 46.4 Å². The molecule has 34 nitrogen and oxygen atoms in total. The average molecular weight is 1570 g/mol. The van der Waals surface area contributed by atoms with E-state index in [1.807, 2.05) is 6.92 Å². The normalized spacial score (nSPS) is 17.1. The van der Waals surface area contributed by atoms with E-state index in [2.05, 4.69) is 52.6 Å². The molecule has 13 N–H and O–H groups in total. The van der Waals surface area contributed by atoms with Crippen LogP contribution in [0, 0.1) is 18.7 Å². The number of aryl methyl sites for hydroxylation is 1. The van der Waals surface area contributed by atoms with Gasteiger partial charge in [-0.2, -0.15) is 0 Å². The van der Waals surface area contributed by atoms with Crippen molar-refractivity contribution in [3.05, 3.63) is 140 Å². The Morgan fingerprint density at radius 3 is 2.15 bits per heavy atom. The number of aliphatic carboxylic acids is 2. The molecule has 36 heteroatoms. The Morgan fingerprint density at radius 2 is 1.46 bits per heavy atom. The number of pyridine rings is 2. The van der Waals surface area contributed by atoms with Crippen LogP contribution in [0.3, 0.4) is 0 Å². The highest BCUT2D eigenvalue weighted by Gasteiger charge is 2.52. The summed E-state index contributed by atoms with van der Waals surface area (Å²) in [4.78, 5) is 153. The molecule has 0 radical (unpaired) electrons. The number of aliphatic hydroxyl groups excluding tert-OH is 1. The Labute approximate surface area is 643 Å². The van der Waals surface area contributed by atoms with Crippen molar-refractivity contribution in [2.24, 2.45) is 5.92 Å². The fourth-order valence-corrected chi connectivity index (χ4v) is 15.1. The Kier molecular flexibility index (Phi) is 27.7. The van der Waals surface area contributed by atoms with E-state index in [0.29, 0.717) is 76.9 Å². The highest BCUT2D eigenvalue weighted by Crippen LogP contribution is 2.47. The minimum atomic E-state index is -4.19. The number of likely N-dealkylation sites (tertiary alicyclic amines) is 1. The van der Waals surface area contributed by atoms with Crippen molar-refractivity contribution in [3.8, 4) is 11.4 Å². The van der Waals surface area contributed by atoms with Gasteiger partial charge in [0, 0.05) is 78.3 Å². The second kappa shape index (κ2) is 37.2. The SMILES string of the molecule is CCCNC(=O)Nc1cccc(S(=O)(=O)Nc2cccc([C@H](CC(=O)O)NC(=O)Nc3ccc(NC(O)NCCOCCOCCOCCC(=O)N[C@@H](CC(=O)O)C(=O)N4CCC[C@H]4C(=O)N[C@H](C(=O)O[C@]4(CC)C(=O)OCc5c4cc4n(c5=O)Cc5c-4nc4cc(F)c(C)c6c4c5[C@@H](NC(C)=O)CC6)C(C)C)cc3)c2)c1. The fourth-order valence-electron chi connectivity index (χ4n) is 14.0. The maximum absolute atomic E-state index is 15.5. The molecule has 0 saturated carbocycles. The highest BCUT2D eigenvalue weighted by atomic mass is 32.2. The van der Waals surface area contributed by atoms with Crippen LogP contribution in [0.15, 0.2) is 94.6 Å². The number of esters is 2. The number of carboxylic acids is 2. The molecule has 4 aliphatic rings. The first-order valence-electron chi connectivity index (χ1n) is 36.8. The van der Waals surface area contributed by atoms with E-state index in [9.17, 15) is 76.5 Å². The van der Waals surface area contributed by atoms with Crippen LogP contribution in [0.4, 0.5) is 36.7 Å². The number of rotatable bonds is 37. The van der Waals surface area contributed by atoms with Gasteiger partial charge in [0.15, 0.2) is 6.35 Å². The van der Waals surface area contributed by atoms with E-state index >= 15 is 4.39 Å². The third kappa shape index (κ3) is 20.1. The molecule has 7 atom stereocenters. The summed E-state index contributed by atoms with van der Waals surface area (Å²) < 4.78 is 74.6. The molecule has 4 aromatic carbocycles. The average Bonchev–Trinajstić information content (AvgIpc) is 1.41. The van der Waals surface area contributed by atoms with Gasteiger partial charge in [-0.15, -0.1) is 0 Å². The number of ether oxygens (including phenoxy) is 5. The predicted molar refractivity (Wildman–Crippen MR) is 403 cm³/mol. The molecule has 112 heavy (non-hydrogen) atoms. The number of anilines is 4. The summed E-state index contributed by atoms with van der Waals surface area (Å²) in [5.74, 6) is -8.54. The zero-order chi connectivity index (χ0) is 80.7. The third-order valence-corrected chi connectivity index (χ3v) is 20.9. The number of sulfonamides is 1. The molecule has 6 aromatic rings. The van der Waals surface area contributed by atoms with Gasteiger partial charge < -0.3 is 91.0 Å². The zero-order valence-electron chi connectivity index (χ0n) is 62.6. The largest absolute Gasteiger partial charge is 0.481 e. The van der Waals surface area contributed by atoms with Crippen LogP contribution in [0.2, 0.25) is 0 Å². The first-order chi connectivity index (χ1) is 53.5. The van der Waals surface area contributed by atoms with Crippen LogP contribution in [-0.4, -0.2) is 182 Å². The summed E-state index contributed by atoms with van der Waals surface area (Å²) >= 11 is 0. The number of carbonyl (C=O) groups excluding carboxylic acids is 8. The zero-order valence-corrected chi connectivity index (χ0v) is 63.4. The van der Waals surface area contributed by atoms with Gasteiger partial charge in [-0.3, -0.25) is 43.6 Å². The first kappa shape index (κ1) is 83.3. The Bertz CT molecular complexity index is 4760. The number of nitrogens with zero attached hydrogens (tertiary/aromatic N) is 3. The Balaban J connectivity index is 0.628. The topological polar surface area (TPSA) is 470 Å². The van der Waals surface area contributed by atoms with E-state index < -0.39 is 143 Å². The molecule has 1 fully saturated rings. The monoisotopic (exact) mass is 1570 g/mol. The number of halogens is 1. The molecule has 0 spiro atoms. The number of cyclic esters (lactones) is 1. The number of nitrogens with one attached hydrogen (secondary N) is 10. The molecule has 1 saturated heterocycles. The van der Waals surface area contributed by atoms with Gasteiger partial charge >= 0.3 is 35.9 Å². The minimum absolute atomic E-state index is 0.00186. The van der Waals surface area contributed by atoms with E-state index in [1.165, 1.54) is 78.2 Å². The van der Waals surface area contributed by atoms with E-state index in [4.69, 9.17) is 28.7 Å². The summed E-state index contributed by atoms with van der Waals surface area (Å²) in [7, 11) is -4.19. The maximum Gasteiger partial charge on any atom is 0.355 e. The quantitative estimate of drug-likeness (QED) is 0.0132. The van der Waals surface area contributed by atoms with Crippen LogP contribution in [0.5, 0.6) is 0 Å². The first-order valence-corrected chi connectivity index (χ1v) is 38.3. The summed E-state index contributed by atoms with van der Waals surface area (Å²) in [6.07, 6.45) is -1.07. The third-order valence-electron chi connectivity index (χ3n) is 19.5. The highest BCUT2D eigenvalue weighted by molar-refractivity contribution is 7.92. The number of benzene rings is 4. The summed E-state index contributed by atoms with van der Waals surface area (Å²) in [5.41, 5.74) is 2.08. The van der Waals surface area contributed by atoms with Gasteiger partial charge in [-0.25, -0.2) is 37.0 Å². The molecule has 2 aromatic heterocycles. The van der Waals surface area contributed by atoms with Crippen LogP contribution in [-0.2, 0) is 97.2 Å². The number of aromatic nitrogens is 2. The van der Waals surface area contributed by atoms with Gasteiger partial charge in [0.05, 0.1) is 98.5 Å². The van der Waals surface area contributed by atoms with Crippen LogP contribution >= 0.6 is 0 Å². The van der Waals surface area contributed by atoms with Crippen molar-refractivity contribution in [2.75, 3.05) is 79.9 Å². The van der Waals surface area contributed by atoms with Gasteiger partial charge in [-0.05, 0) is 134 Å². The standard InChI is InChI=1S/C76H92FN13O21S/c1-7-24-78-73(102)83-47-13-10-15-49(34-47)112(105,106)88-48-14-9-12-44(33-48)56(37-62(93)94)86-75(104)82-46-19-17-45(18-20-46)81-74(103)79-25-28-108-30-32-109-31-29-107-27-23-61(92)84-58(38-63(95)96)70(99)89-26-11-16-59(89)68(97)87-66(41(3)4)71(100)111-76(8-2)53-35-60-67-51(39-90(60)69(98)52(53)40-110-72(76)101)65-55(80-43(6)91)22-21-50-42(5)54(77)36-57(85-67)64(50)65/h9-10,12-15,17-20,33-36,41,55-56,58-59,66,74,79,81,88,103H,7-8,11,16,21-32,37-40H2,1-6H3,(H,80,91)(H,84,92)(H,87,97)(H,93,94)(H,95,96)(H2,78,83,102)(H2,82,86,104)/t55-,56-,58-,59-,66-,74?,76-/m0/s1.